The van der Waals surface area contributed by atoms with Crippen molar-refractivity contribution in [3.63, 3.8) is 0 Å². The van der Waals surface area contributed by atoms with Gasteiger partial charge in [0.15, 0.2) is 0 Å². The molecule has 0 aliphatic rings. The smallest absolute Gasteiger partial charge is 0.127 e. The maximum atomic E-state index is 13.5. The summed E-state index contributed by atoms with van der Waals surface area (Å²) in [6, 6.07) is 4.53. The molecule has 1 aromatic heterocycles. The van der Waals surface area contributed by atoms with Crippen molar-refractivity contribution >= 4 is 22.9 Å². The molecule has 0 saturated heterocycles. The second-order valence-corrected chi connectivity index (χ2v) is 5.21. The Morgan fingerprint density at radius 3 is 2.88 bits per heavy atom. The van der Waals surface area contributed by atoms with Crippen LogP contribution in [0.2, 0.25) is 5.02 Å². The van der Waals surface area contributed by atoms with E-state index in [1.807, 2.05) is 0 Å². The number of nitrogens with zero attached hydrogens (tertiary/aromatic N) is 1. The zero-order chi connectivity index (χ0) is 12.3. The van der Waals surface area contributed by atoms with Crippen LogP contribution in [0.1, 0.15) is 10.4 Å². The van der Waals surface area contributed by atoms with E-state index in [4.69, 9.17) is 17.3 Å². The van der Waals surface area contributed by atoms with Gasteiger partial charge in [-0.2, -0.15) is 0 Å². The number of hydrogen-bond donors (Lipinski definition) is 1. The summed E-state index contributed by atoms with van der Waals surface area (Å²) in [4.78, 5) is 5.08. The predicted octanol–water partition coefficient (Wildman–Crippen LogP) is 3.05. The number of hydrogen-bond acceptors (Lipinski definition) is 3. The van der Waals surface area contributed by atoms with Crippen LogP contribution >= 0.6 is 22.9 Å². The fourth-order valence-corrected chi connectivity index (χ4v) is 2.59. The highest BCUT2D eigenvalue weighted by atomic mass is 35.5. The Kier molecular flexibility index (Phi) is 4.10. The van der Waals surface area contributed by atoms with Crippen molar-refractivity contribution in [3.8, 4) is 0 Å². The van der Waals surface area contributed by atoms with Gasteiger partial charge in [-0.3, -0.25) is 4.98 Å². The first-order chi connectivity index (χ1) is 8.16. The van der Waals surface area contributed by atoms with Gasteiger partial charge in [-0.25, -0.2) is 4.39 Å². The second-order valence-electron chi connectivity index (χ2n) is 3.84. The van der Waals surface area contributed by atoms with Gasteiger partial charge >= 0.3 is 0 Å². The first-order valence-electron chi connectivity index (χ1n) is 5.22. The molecule has 0 fully saturated rings. The number of halogens is 2. The highest BCUT2D eigenvalue weighted by Crippen LogP contribution is 2.21. The van der Waals surface area contributed by atoms with E-state index in [0.29, 0.717) is 23.4 Å². The average molecular weight is 271 g/mol. The summed E-state index contributed by atoms with van der Waals surface area (Å²) >= 11 is 7.50. The van der Waals surface area contributed by atoms with E-state index in [2.05, 4.69) is 4.98 Å². The van der Waals surface area contributed by atoms with Gasteiger partial charge in [0.05, 0.1) is 5.51 Å². The van der Waals surface area contributed by atoms with E-state index < -0.39 is 0 Å². The van der Waals surface area contributed by atoms with E-state index in [0.717, 1.165) is 4.88 Å². The third-order valence-corrected chi connectivity index (χ3v) is 3.63. The van der Waals surface area contributed by atoms with Crippen molar-refractivity contribution in [1.29, 1.82) is 0 Å². The molecule has 1 unspecified atom stereocenters. The summed E-state index contributed by atoms with van der Waals surface area (Å²) in [5.41, 5.74) is 8.24. The number of thiazole rings is 1. The Hall–Kier alpha value is -0.970. The van der Waals surface area contributed by atoms with Crippen LogP contribution in [0.3, 0.4) is 0 Å². The Morgan fingerprint density at radius 1 is 1.41 bits per heavy atom. The van der Waals surface area contributed by atoms with Gasteiger partial charge in [0, 0.05) is 27.7 Å². The van der Waals surface area contributed by atoms with E-state index >= 15 is 0 Å². The highest BCUT2D eigenvalue weighted by Gasteiger charge is 2.12. The van der Waals surface area contributed by atoms with Crippen molar-refractivity contribution in [3.05, 3.63) is 51.2 Å². The highest BCUT2D eigenvalue weighted by molar-refractivity contribution is 7.09. The molecular weight excluding hydrogens is 259 g/mol. The largest absolute Gasteiger partial charge is 0.327 e. The lowest BCUT2D eigenvalue weighted by Gasteiger charge is -2.12. The van der Waals surface area contributed by atoms with E-state index in [9.17, 15) is 4.39 Å². The van der Waals surface area contributed by atoms with Crippen LogP contribution in [0.25, 0.3) is 0 Å². The Bertz CT molecular complexity index is 467. The molecule has 0 aliphatic heterocycles. The van der Waals surface area contributed by atoms with Gasteiger partial charge < -0.3 is 5.73 Å². The molecule has 2 aromatic rings. The zero-order valence-electron chi connectivity index (χ0n) is 9.07. The minimum absolute atomic E-state index is 0.148. The van der Waals surface area contributed by atoms with Crippen molar-refractivity contribution < 1.29 is 4.39 Å². The van der Waals surface area contributed by atoms with Gasteiger partial charge in [-0.15, -0.1) is 11.3 Å². The molecule has 0 bridgehead atoms. The van der Waals surface area contributed by atoms with Crippen LogP contribution in [0.15, 0.2) is 29.9 Å². The van der Waals surface area contributed by atoms with Crippen molar-refractivity contribution in [2.75, 3.05) is 0 Å². The fourth-order valence-electron chi connectivity index (χ4n) is 1.66. The minimum Gasteiger partial charge on any atom is -0.327 e. The SMILES string of the molecule is NC(Cc1cncs1)Cc1c(F)cccc1Cl. The van der Waals surface area contributed by atoms with Gasteiger partial charge in [-0.05, 0) is 25.0 Å². The molecule has 17 heavy (non-hydrogen) atoms. The zero-order valence-corrected chi connectivity index (χ0v) is 10.6. The molecular formula is C12H12ClFN2S. The summed E-state index contributed by atoms with van der Waals surface area (Å²) in [5, 5.41) is 0.435. The van der Waals surface area contributed by atoms with Gasteiger partial charge in [0.1, 0.15) is 5.82 Å². The molecule has 0 radical (unpaired) electrons. The number of nitrogens with two attached hydrogens (primary N) is 1. The fraction of sp³-hybridized carbons (Fsp3) is 0.250. The van der Waals surface area contributed by atoms with Gasteiger partial charge in [-0.1, -0.05) is 17.7 Å². The lowest BCUT2D eigenvalue weighted by molar-refractivity contribution is 0.585. The molecule has 1 aromatic carbocycles. The lowest BCUT2D eigenvalue weighted by Crippen LogP contribution is -2.25. The molecule has 90 valence electrons. The van der Waals surface area contributed by atoms with E-state index in [1.54, 1.807) is 35.2 Å². The second kappa shape index (κ2) is 5.58. The average Bonchev–Trinajstić information content (AvgIpc) is 2.76. The first-order valence-corrected chi connectivity index (χ1v) is 6.48. The molecule has 1 atom stereocenters. The summed E-state index contributed by atoms with van der Waals surface area (Å²) in [6.07, 6.45) is 2.91. The molecule has 5 heteroatoms. The predicted molar refractivity (Wildman–Crippen MR) is 68.9 cm³/mol. The van der Waals surface area contributed by atoms with Crippen molar-refractivity contribution in [2.24, 2.45) is 5.73 Å². The Labute approximate surface area is 108 Å². The van der Waals surface area contributed by atoms with Crippen LogP contribution in [-0.2, 0) is 12.8 Å². The van der Waals surface area contributed by atoms with E-state index in [-0.39, 0.29) is 11.9 Å². The quantitative estimate of drug-likeness (QED) is 0.927. The summed E-state index contributed by atoms with van der Waals surface area (Å²) in [6.45, 7) is 0. The molecule has 2 N–H and O–H groups in total. The molecule has 0 amide bonds. The standard InChI is InChI=1S/C12H12ClFN2S/c13-11-2-1-3-12(14)10(11)5-8(15)4-9-6-16-7-17-9/h1-3,6-8H,4-5,15H2. The lowest BCUT2D eigenvalue weighted by atomic mass is 10.0. The Balaban J connectivity index is 2.05. The van der Waals surface area contributed by atoms with Crippen LogP contribution in [0, 0.1) is 5.82 Å². The van der Waals surface area contributed by atoms with Crippen LogP contribution < -0.4 is 5.73 Å². The summed E-state index contributed by atoms with van der Waals surface area (Å²) in [7, 11) is 0. The molecule has 0 aliphatic carbocycles. The summed E-state index contributed by atoms with van der Waals surface area (Å²) in [5.74, 6) is -0.294. The van der Waals surface area contributed by atoms with Crippen LogP contribution in [0.4, 0.5) is 4.39 Å². The number of benzene rings is 1. The van der Waals surface area contributed by atoms with Gasteiger partial charge in [0.2, 0.25) is 0 Å². The maximum absolute atomic E-state index is 13.5. The monoisotopic (exact) mass is 270 g/mol. The third-order valence-electron chi connectivity index (χ3n) is 2.47. The third kappa shape index (κ3) is 3.25. The van der Waals surface area contributed by atoms with Gasteiger partial charge in [0.25, 0.3) is 0 Å². The normalized spacial score (nSPS) is 12.6. The molecule has 0 saturated carbocycles. The number of rotatable bonds is 4. The molecule has 1 heterocycles. The maximum Gasteiger partial charge on any atom is 0.127 e. The first kappa shape index (κ1) is 12.5. The minimum atomic E-state index is -0.294. The summed E-state index contributed by atoms with van der Waals surface area (Å²) < 4.78 is 13.5. The van der Waals surface area contributed by atoms with Crippen LogP contribution in [0.5, 0.6) is 0 Å². The molecule has 0 spiro atoms. The van der Waals surface area contributed by atoms with Crippen LogP contribution in [-0.4, -0.2) is 11.0 Å². The number of aromatic nitrogens is 1. The molecule has 2 rings (SSSR count). The topological polar surface area (TPSA) is 38.9 Å². The Morgan fingerprint density at radius 2 is 2.24 bits per heavy atom. The van der Waals surface area contributed by atoms with Crippen molar-refractivity contribution in [1.82, 2.24) is 4.98 Å². The van der Waals surface area contributed by atoms with Crippen molar-refractivity contribution in [2.45, 2.75) is 18.9 Å². The molecule has 2 nitrogen and oxygen atoms in total. The van der Waals surface area contributed by atoms with E-state index in [1.165, 1.54) is 6.07 Å².